The number of fused-ring (bicyclic) bond motifs is 1. The molecule has 0 spiro atoms. The van der Waals surface area contributed by atoms with Crippen LogP contribution in [0.5, 0.6) is 0 Å². The number of rotatable bonds is 4. The normalized spacial score (nSPS) is 17.2. The zero-order valence-corrected chi connectivity index (χ0v) is 12.7. The van der Waals surface area contributed by atoms with Gasteiger partial charge in [-0.05, 0) is 25.3 Å². The van der Waals surface area contributed by atoms with Crippen molar-refractivity contribution in [1.82, 2.24) is 4.90 Å². The summed E-state index contributed by atoms with van der Waals surface area (Å²) in [6, 6.07) is 2.39. The van der Waals surface area contributed by atoms with Gasteiger partial charge in [-0.2, -0.15) is 0 Å². The van der Waals surface area contributed by atoms with Crippen molar-refractivity contribution in [3.8, 4) is 0 Å². The Morgan fingerprint density at radius 1 is 1.08 bits per heavy atom. The largest absolute Gasteiger partial charge is 0.548 e. The number of aliphatic carboxylic acids is 1. The Hall–Kier alpha value is -2.97. The van der Waals surface area contributed by atoms with Crippen molar-refractivity contribution in [2.45, 2.75) is 19.3 Å². The maximum atomic E-state index is 12.3. The molecule has 1 saturated heterocycles. The maximum Gasteiger partial charge on any atom is 0.293 e. The Balaban J connectivity index is 2.07. The quantitative estimate of drug-likeness (QED) is 0.429. The highest BCUT2D eigenvalue weighted by atomic mass is 16.6. The Bertz CT molecular complexity index is 754. The van der Waals surface area contributed by atoms with E-state index in [-0.39, 0.29) is 22.5 Å². The van der Waals surface area contributed by atoms with Crippen molar-refractivity contribution in [3.63, 3.8) is 0 Å². The number of nitro benzene ring substituents is 1. The van der Waals surface area contributed by atoms with E-state index in [1.165, 1.54) is 6.07 Å². The van der Waals surface area contributed by atoms with Crippen LogP contribution in [0.15, 0.2) is 12.1 Å². The number of carboxylic acid groups (broad SMARTS) is 1. The van der Waals surface area contributed by atoms with Crippen molar-refractivity contribution in [3.05, 3.63) is 33.4 Å². The van der Waals surface area contributed by atoms with Gasteiger partial charge < -0.3 is 14.8 Å². The van der Waals surface area contributed by atoms with Crippen molar-refractivity contribution < 1.29 is 24.4 Å². The average Bonchev–Trinajstić information content (AvgIpc) is 2.79. The molecule has 2 amide bonds. The molecular formula is C15H14N3O6-. The molecule has 1 fully saturated rings. The third kappa shape index (κ3) is 2.57. The van der Waals surface area contributed by atoms with E-state index in [0.29, 0.717) is 18.0 Å². The number of hydrogen-bond acceptors (Lipinski definition) is 7. The third-order valence-corrected chi connectivity index (χ3v) is 4.25. The molecule has 0 unspecified atom stereocenters. The fourth-order valence-electron chi connectivity index (χ4n) is 3.12. The lowest BCUT2D eigenvalue weighted by molar-refractivity contribution is -0.384. The van der Waals surface area contributed by atoms with Crippen molar-refractivity contribution >= 4 is 29.2 Å². The van der Waals surface area contributed by atoms with Crippen LogP contribution >= 0.6 is 0 Å². The topological polar surface area (TPSA) is 124 Å². The van der Waals surface area contributed by atoms with Crippen molar-refractivity contribution in [2.24, 2.45) is 0 Å². The number of amides is 2. The molecule has 1 aromatic rings. The number of anilines is 1. The number of benzene rings is 1. The number of carbonyl (C=O) groups excluding carboxylic acids is 3. The lowest BCUT2D eigenvalue weighted by Crippen LogP contribution is -2.41. The molecule has 2 heterocycles. The first-order valence-corrected chi connectivity index (χ1v) is 7.53. The fraction of sp³-hybridized carbons (Fsp3) is 0.400. The Kier molecular flexibility index (Phi) is 3.92. The van der Waals surface area contributed by atoms with Gasteiger partial charge in [0.2, 0.25) is 0 Å². The van der Waals surface area contributed by atoms with Gasteiger partial charge in [0.05, 0.1) is 28.6 Å². The lowest BCUT2D eigenvalue weighted by atomic mass is 10.0. The summed E-state index contributed by atoms with van der Waals surface area (Å²) in [6.07, 6.45) is 2.81. The molecule has 1 aromatic carbocycles. The van der Waals surface area contributed by atoms with E-state index in [2.05, 4.69) is 0 Å². The first-order valence-electron chi connectivity index (χ1n) is 7.53. The maximum absolute atomic E-state index is 12.3. The van der Waals surface area contributed by atoms with Gasteiger partial charge in [-0.25, -0.2) is 0 Å². The van der Waals surface area contributed by atoms with Gasteiger partial charge in [0.25, 0.3) is 17.5 Å². The van der Waals surface area contributed by atoms with E-state index in [0.717, 1.165) is 25.3 Å². The van der Waals surface area contributed by atoms with Gasteiger partial charge in [-0.15, -0.1) is 0 Å². The summed E-state index contributed by atoms with van der Waals surface area (Å²) in [5, 5.41) is 22.1. The van der Waals surface area contributed by atoms with Crippen LogP contribution in [-0.4, -0.2) is 47.2 Å². The molecule has 9 heteroatoms. The zero-order chi connectivity index (χ0) is 17.4. The van der Waals surface area contributed by atoms with Crippen LogP contribution in [0.4, 0.5) is 11.4 Å². The first kappa shape index (κ1) is 15.9. The highest BCUT2D eigenvalue weighted by Crippen LogP contribution is 2.36. The molecule has 2 aliphatic heterocycles. The van der Waals surface area contributed by atoms with Crippen LogP contribution in [0.1, 0.15) is 40.0 Å². The molecule has 0 N–H and O–H groups in total. The molecule has 2 aliphatic rings. The number of carbonyl (C=O) groups is 3. The molecule has 0 aliphatic carbocycles. The highest BCUT2D eigenvalue weighted by molar-refractivity contribution is 6.23. The third-order valence-electron chi connectivity index (χ3n) is 4.25. The minimum absolute atomic E-state index is 0.00702. The first-order chi connectivity index (χ1) is 11.4. The van der Waals surface area contributed by atoms with E-state index >= 15 is 0 Å². The minimum atomic E-state index is -1.57. The Morgan fingerprint density at radius 3 is 2.21 bits per heavy atom. The number of piperidine rings is 1. The van der Waals surface area contributed by atoms with Crippen LogP contribution in [0.3, 0.4) is 0 Å². The molecule has 0 aromatic heterocycles. The van der Waals surface area contributed by atoms with Gasteiger partial charge in [-0.3, -0.25) is 24.6 Å². The van der Waals surface area contributed by atoms with Crippen LogP contribution in [-0.2, 0) is 4.79 Å². The highest BCUT2D eigenvalue weighted by Gasteiger charge is 2.39. The molecule has 126 valence electrons. The van der Waals surface area contributed by atoms with Crippen molar-refractivity contribution in [1.29, 1.82) is 0 Å². The molecule has 0 saturated carbocycles. The summed E-state index contributed by atoms with van der Waals surface area (Å²) in [7, 11) is 0. The number of nitrogens with zero attached hydrogens (tertiary/aromatic N) is 3. The Morgan fingerprint density at radius 2 is 1.67 bits per heavy atom. The second-order valence-electron chi connectivity index (χ2n) is 5.76. The van der Waals surface area contributed by atoms with Gasteiger partial charge in [0.15, 0.2) is 0 Å². The summed E-state index contributed by atoms with van der Waals surface area (Å²) in [5.41, 5.74) is -0.122. The molecule has 0 atom stereocenters. The number of imide groups is 1. The van der Waals surface area contributed by atoms with Gasteiger partial charge in [0, 0.05) is 19.2 Å². The summed E-state index contributed by atoms with van der Waals surface area (Å²) >= 11 is 0. The monoisotopic (exact) mass is 332 g/mol. The zero-order valence-electron chi connectivity index (χ0n) is 12.7. The smallest absolute Gasteiger partial charge is 0.293 e. The van der Waals surface area contributed by atoms with Gasteiger partial charge in [-0.1, -0.05) is 0 Å². The average molecular weight is 332 g/mol. The predicted molar refractivity (Wildman–Crippen MR) is 79.5 cm³/mol. The molecule has 24 heavy (non-hydrogen) atoms. The standard InChI is InChI=1S/C15H15N3O6/c19-13(20)8-17-14(21)9-6-11(16-4-2-1-3-5-16)12(18(23)24)7-10(9)15(17)22/h6-7H,1-5,8H2,(H,19,20)/p-1. The van der Waals surface area contributed by atoms with E-state index in [1.807, 2.05) is 4.90 Å². The van der Waals surface area contributed by atoms with E-state index in [9.17, 15) is 29.6 Å². The summed E-state index contributed by atoms with van der Waals surface area (Å²) < 4.78 is 0. The van der Waals surface area contributed by atoms with E-state index in [1.54, 1.807) is 0 Å². The molecular weight excluding hydrogens is 318 g/mol. The second kappa shape index (κ2) is 5.91. The molecule has 3 rings (SSSR count). The SMILES string of the molecule is O=C([O-])CN1C(=O)c2cc(N3CCCCC3)c([N+](=O)[O-])cc2C1=O. The van der Waals surface area contributed by atoms with Crippen LogP contribution in [0.25, 0.3) is 0 Å². The second-order valence-corrected chi connectivity index (χ2v) is 5.76. The summed E-state index contributed by atoms with van der Waals surface area (Å²) in [6.45, 7) is 0.383. The van der Waals surface area contributed by atoms with Crippen LogP contribution < -0.4 is 10.0 Å². The van der Waals surface area contributed by atoms with Crippen molar-refractivity contribution in [2.75, 3.05) is 24.5 Å². The fourth-order valence-corrected chi connectivity index (χ4v) is 3.12. The van der Waals surface area contributed by atoms with Crippen LogP contribution in [0.2, 0.25) is 0 Å². The summed E-state index contributed by atoms with van der Waals surface area (Å²) in [5.74, 6) is -3.20. The summed E-state index contributed by atoms with van der Waals surface area (Å²) in [4.78, 5) is 48.3. The van der Waals surface area contributed by atoms with E-state index in [4.69, 9.17) is 0 Å². The molecule has 0 radical (unpaired) electrons. The number of hydrogen-bond donors (Lipinski definition) is 0. The molecule has 9 nitrogen and oxygen atoms in total. The number of nitro groups is 1. The minimum Gasteiger partial charge on any atom is -0.548 e. The van der Waals surface area contributed by atoms with Gasteiger partial charge >= 0.3 is 0 Å². The van der Waals surface area contributed by atoms with Gasteiger partial charge in [0.1, 0.15) is 5.69 Å². The van der Waals surface area contributed by atoms with E-state index < -0.39 is 29.3 Å². The molecule has 0 bridgehead atoms. The van der Waals surface area contributed by atoms with Crippen LogP contribution in [0, 0.1) is 10.1 Å². The lowest BCUT2D eigenvalue weighted by Gasteiger charge is -2.28. The Labute approximate surface area is 136 Å². The number of carboxylic acids is 1. The predicted octanol–water partition coefficient (Wildman–Crippen LogP) is -0.0690.